The molecule has 1 fully saturated rings. The predicted molar refractivity (Wildman–Crippen MR) is 85.9 cm³/mol. The quantitative estimate of drug-likeness (QED) is 0.662. The number of anilines is 1. The molecular weight excluding hydrogens is 301 g/mol. The fraction of sp³-hybridized carbons (Fsp3) is 0.562. The average Bonchev–Trinajstić information content (AvgIpc) is 2.54. The lowest BCUT2D eigenvalue weighted by molar-refractivity contribution is -0.103. The molecule has 1 aliphatic heterocycles. The van der Waals surface area contributed by atoms with Crippen molar-refractivity contribution in [3.8, 4) is 0 Å². The second-order valence-electron chi connectivity index (χ2n) is 5.57. The number of carbonyl (C=O) groups excluding carboxylic acids is 1. The molecule has 1 aliphatic rings. The molecule has 0 saturated carbocycles. The van der Waals surface area contributed by atoms with Gasteiger partial charge >= 0.3 is 6.03 Å². The summed E-state index contributed by atoms with van der Waals surface area (Å²) >= 11 is 0. The second kappa shape index (κ2) is 7.72. The Morgan fingerprint density at radius 1 is 1.57 bits per heavy atom. The highest BCUT2D eigenvalue weighted by Crippen LogP contribution is 2.37. The predicted octanol–water partition coefficient (Wildman–Crippen LogP) is 1.55. The number of rotatable bonds is 5. The van der Waals surface area contributed by atoms with Gasteiger partial charge in [0.05, 0.1) is 13.2 Å². The number of ether oxygens (including phenoxy) is 1. The lowest BCUT2D eigenvalue weighted by atomic mass is 9.83. The molecule has 2 amide bonds. The van der Waals surface area contributed by atoms with Crippen molar-refractivity contribution in [1.82, 2.24) is 10.6 Å². The van der Waals surface area contributed by atoms with Gasteiger partial charge in [0.15, 0.2) is 0 Å². The van der Waals surface area contributed by atoms with Crippen molar-refractivity contribution in [3.63, 3.8) is 0 Å². The Kier molecular flexibility index (Phi) is 5.92. The molecule has 0 bridgehead atoms. The third-order valence-corrected chi connectivity index (χ3v) is 4.22. The van der Waals surface area contributed by atoms with Crippen LogP contribution in [-0.2, 0) is 10.3 Å². The van der Waals surface area contributed by atoms with Gasteiger partial charge in [-0.15, -0.1) is 0 Å². The zero-order chi connectivity index (χ0) is 16.9. The first kappa shape index (κ1) is 17.7. The minimum atomic E-state index is -0.708. The average molecular weight is 325 g/mol. The summed E-state index contributed by atoms with van der Waals surface area (Å²) in [6.07, 6.45) is 0.641. The van der Waals surface area contributed by atoms with E-state index in [0.717, 1.165) is 6.54 Å². The molecule has 1 saturated heterocycles. The normalized spacial score (nSPS) is 24.3. The number of benzene rings is 1. The summed E-state index contributed by atoms with van der Waals surface area (Å²) in [5, 5.41) is 17.0. The van der Waals surface area contributed by atoms with Crippen molar-refractivity contribution in [2.45, 2.75) is 31.9 Å². The van der Waals surface area contributed by atoms with Crippen LogP contribution in [0.25, 0.3) is 0 Å². The maximum atomic E-state index is 14.6. The van der Waals surface area contributed by atoms with Gasteiger partial charge < -0.3 is 25.8 Å². The fourth-order valence-electron chi connectivity index (χ4n) is 2.99. The summed E-state index contributed by atoms with van der Waals surface area (Å²) in [4.78, 5) is 11.6. The number of nitrogens with one attached hydrogen (secondary N) is 3. The molecular formula is C16H24FN3O3. The smallest absolute Gasteiger partial charge is 0.319 e. The van der Waals surface area contributed by atoms with E-state index >= 15 is 0 Å². The van der Waals surface area contributed by atoms with Crippen molar-refractivity contribution in [1.29, 1.82) is 0 Å². The van der Waals surface area contributed by atoms with Crippen molar-refractivity contribution in [3.05, 3.63) is 29.6 Å². The van der Waals surface area contributed by atoms with Crippen molar-refractivity contribution in [2.24, 2.45) is 0 Å². The fourth-order valence-corrected chi connectivity index (χ4v) is 2.99. The molecule has 1 aromatic rings. The summed E-state index contributed by atoms with van der Waals surface area (Å²) in [6, 6.07) is 4.10. The Bertz CT molecular complexity index is 555. The summed E-state index contributed by atoms with van der Waals surface area (Å²) in [7, 11) is 0. The maximum absolute atomic E-state index is 14.6. The van der Waals surface area contributed by atoms with E-state index in [4.69, 9.17) is 9.84 Å². The molecule has 0 radical (unpaired) electrons. The van der Waals surface area contributed by atoms with E-state index in [9.17, 15) is 9.18 Å². The van der Waals surface area contributed by atoms with E-state index in [2.05, 4.69) is 16.0 Å². The zero-order valence-corrected chi connectivity index (χ0v) is 13.5. The number of morpholine rings is 1. The molecule has 128 valence electrons. The molecule has 2 atom stereocenters. The van der Waals surface area contributed by atoms with Crippen LogP contribution in [0.5, 0.6) is 0 Å². The van der Waals surface area contributed by atoms with Gasteiger partial charge in [-0.25, -0.2) is 9.18 Å². The Morgan fingerprint density at radius 3 is 2.96 bits per heavy atom. The number of hydrogen-bond acceptors (Lipinski definition) is 4. The Morgan fingerprint density at radius 2 is 2.35 bits per heavy atom. The molecule has 0 aliphatic carbocycles. The van der Waals surface area contributed by atoms with E-state index < -0.39 is 17.4 Å². The number of hydrogen-bond donors (Lipinski definition) is 4. The van der Waals surface area contributed by atoms with E-state index in [0.29, 0.717) is 24.3 Å². The van der Waals surface area contributed by atoms with Gasteiger partial charge in [0.25, 0.3) is 0 Å². The van der Waals surface area contributed by atoms with Crippen molar-refractivity contribution >= 4 is 11.7 Å². The minimum Gasteiger partial charge on any atom is -0.395 e. The Balaban J connectivity index is 2.19. The molecule has 4 N–H and O–H groups in total. The monoisotopic (exact) mass is 325 g/mol. The van der Waals surface area contributed by atoms with Crippen LogP contribution in [0.1, 0.15) is 25.8 Å². The van der Waals surface area contributed by atoms with Crippen LogP contribution < -0.4 is 16.0 Å². The van der Waals surface area contributed by atoms with Gasteiger partial charge in [0.1, 0.15) is 11.4 Å². The van der Waals surface area contributed by atoms with E-state index in [1.54, 1.807) is 12.1 Å². The van der Waals surface area contributed by atoms with Gasteiger partial charge in [-0.2, -0.15) is 0 Å². The summed E-state index contributed by atoms with van der Waals surface area (Å²) in [5.74, 6) is -0.414. The minimum absolute atomic E-state index is 0.0117. The van der Waals surface area contributed by atoms with Gasteiger partial charge in [-0.05, 0) is 25.5 Å². The molecule has 1 aromatic carbocycles. The first-order valence-electron chi connectivity index (χ1n) is 7.86. The molecule has 6 nitrogen and oxygen atoms in total. The highest BCUT2D eigenvalue weighted by molar-refractivity contribution is 5.89. The maximum Gasteiger partial charge on any atom is 0.319 e. The number of amides is 2. The summed E-state index contributed by atoms with van der Waals surface area (Å²) in [6.45, 7) is 5.22. The van der Waals surface area contributed by atoms with Crippen LogP contribution in [-0.4, -0.2) is 43.5 Å². The SMILES string of the molecule is CC[C@@]1(c2ccc(NC(=O)NCCO)cc2F)OCCNC1C. The van der Waals surface area contributed by atoms with Crippen LogP contribution >= 0.6 is 0 Å². The van der Waals surface area contributed by atoms with Gasteiger partial charge in [-0.1, -0.05) is 13.0 Å². The van der Waals surface area contributed by atoms with Gasteiger partial charge in [0.2, 0.25) is 0 Å². The number of urea groups is 1. The molecule has 0 aromatic heterocycles. The number of aliphatic hydroxyl groups is 1. The highest BCUT2D eigenvalue weighted by Gasteiger charge is 2.41. The topological polar surface area (TPSA) is 82.6 Å². The first-order chi connectivity index (χ1) is 11.0. The van der Waals surface area contributed by atoms with E-state index in [-0.39, 0.29) is 19.2 Å². The molecule has 2 rings (SSSR count). The van der Waals surface area contributed by atoms with E-state index in [1.165, 1.54) is 6.07 Å². The largest absolute Gasteiger partial charge is 0.395 e. The van der Waals surface area contributed by atoms with Crippen LogP contribution in [0.4, 0.5) is 14.9 Å². The van der Waals surface area contributed by atoms with Gasteiger partial charge in [0, 0.05) is 30.4 Å². The zero-order valence-electron chi connectivity index (χ0n) is 13.5. The molecule has 0 spiro atoms. The van der Waals surface area contributed by atoms with Crippen LogP contribution in [0.3, 0.4) is 0 Å². The lowest BCUT2D eigenvalue weighted by Gasteiger charge is -2.43. The summed E-state index contributed by atoms with van der Waals surface area (Å²) < 4.78 is 20.6. The van der Waals surface area contributed by atoms with Crippen LogP contribution in [0.2, 0.25) is 0 Å². The molecule has 23 heavy (non-hydrogen) atoms. The first-order valence-corrected chi connectivity index (χ1v) is 7.86. The second-order valence-corrected chi connectivity index (χ2v) is 5.57. The van der Waals surface area contributed by atoms with Crippen molar-refractivity contribution in [2.75, 3.05) is 31.6 Å². The number of aliphatic hydroxyl groups excluding tert-OH is 1. The molecule has 1 heterocycles. The van der Waals surface area contributed by atoms with Crippen LogP contribution in [0, 0.1) is 5.82 Å². The van der Waals surface area contributed by atoms with Crippen molar-refractivity contribution < 1.29 is 19.0 Å². The van der Waals surface area contributed by atoms with Crippen LogP contribution in [0.15, 0.2) is 18.2 Å². The molecule has 7 heteroatoms. The molecule has 1 unspecified atom stereocenters. The Hall–Kier alpha value is -1.70. The third kappa shape index (κ3) is 3.80. The number of halogens is 1. The lowest BCUT2D eigenvalue weighted by Crippen LogP contribution is -2.54. The summed E-state index contributed by atoms with van der Waals surface area (Å²) in [5.41, 5.74) is 0.130. The number of carbonyl (C=O) groups is 1. The third-order valence-electron chi connectivity index (χ3n) is 4.22. The highest BCUT2D eigenvalue weighted by atomic mass is 19.1. The van der Waals surface area contributed by atoms with Gasteiger partial charge in [-0.3, -0.25) is 0 Å². The van der Waals surface area contributed by atoms with E-state index in [1.807, 2.05) is 13.8 Å². The standard InChI is InChI=1S/C16H24FN3O3/c1-3-16(11(2)18-7-9-23-16)13-5-4-12(10-14(13)17)20-15(22)19-6-8-21/h4-5,10-11,18,21H,3,6-9H2,1-2H3,(H2,19,20,22)/t11?,16-/m1/s1. The Labute approximate surface area is 135 Å².